The first-order valence-electron chi connectivity index (χ1n) is 13.5. The van der Waals surface area contributed by atoms with E-state index in [1.807, 2.05) is 12.3 Å². The zero-order chi connectivity index (χ0) is 28.9. The van der Waals surface area contributed by atoms with Crippen molar-refractivity contribution in [3.8, 4) is 33.0 Å². The Balaban J connectivity index is 0.000000454. The molecule has 6 heteroatoms. The average Bonchev–Trinajstić information content (AvgIpc) is 3.41. The second-order valence-corrected chi connectivity index (χ2v) is 11.2. The molecular weight excluding hydrogens is 717 g/mol. The van der Waals surface area contributed by atoms with Crippen molar-refractivity contribution in [2.45, 2.75) is 33.6 Å². The number of hydrogen-bond donors (Lipinski definition) is 1. The van der Waals surface area contributed by atoms with Gasteiger partial charge in [0.25, 0.3) is 0 Å². The maximum Gasteiger partial charge on any atom is 0.155 e. The number of ketones is 1. The molecule has 213 valence electrons. The number of hydrogen-bond acceptors (Lipinski definition) is 5. The maximum absolute atomic E-state index is 10.0. The van der Waals surface area contributed by atoms with Gasteiger partial charge in [-0.15, -0.1) is 17.7 Å². The molecular formula is C36H31IrN2O2S-. The van der Waals surface area contributed by atoms with Gasteiger partial charge in [-0.3, -0.25) is 9.78 Å². The second-order valence-electron chi connectivity index (χ2n) is 10.2. The Morgan fingerprint density at radius 1 is 0.905 bits per heavy atom. The number of fused-ring (bicyclic) bond motifs is 2. The Kier molecular flexibility index (Phi) is 10.2. The van der Waals surface area contributed by atoms with Crippen LogP contribution in [-0.2, 0) is 24.9 Å². The van der Waals surface area contributed by atoms with Gasteiger partial charge in [-0.2, -0.15) is 11.3 Å². The monoisotopic (exact) mass is 748 g/mol. The smallest absolute Gasteiger partial charge is 0.155 e. The topological polar surface area (TPSA) is 63.1 Å². The van der Waals surface area contributed by atoms with Crippen molar-refractivity contribution in [1.82, 2.24) is 9.97 Å². The number of carbonyl (C=O) groups excluding carboxylic acids is 1. The van der Waals surface area contributed by atoms with E-state index >= 15 is 0 Å². The number of aromatic nitrogens is 2. The standard InChI is InChI=1S/C31H23N2S.C5H8O2.Ir/c1-20(2)24-14-13-22-15-16-32-29(26(22)17-24)25-18-27(21-9-5-3-6-10-21)30-28(19-25)33-31(34-30)23-11-7-4-8-12-23;1-4(6)3-5(2)7;/h3-18,20H,1-2H3;3,6H,1-2H3;/q-1;;/b;4-3-;. The zero-order valence-electron chi connectivity index (χ0n) is 23.9. The van der Waals surface area contributed by atoms with Crippen molar-refractivity contribution in [2.24, 2.45) is 0 Å². The Morgan fingerprint density at radius 2 is 1.57 bits per heavy atom. The molecule has 2 heterocycles. The summed E-state index contributed by atoms with van der Waals surface area (Å²) >= 11 is 1.72. The van der Waals surface area contributed by atoms with Crippen molar-refractivity contribution in [1.29, 1.82) is 0 Å². The van der Waals surface area contributed by atoms with E-state index in [1.165, 1.54) is 42.0 Å². The van der Waals surface area contributed by atoms with E-state index < -0.39 is 0 Å². The SMILES string of the molecule is CC(=O)/C=C(/C)O.CC(C)c1ccc2ccnc(-c3[c-]c4nc(-c5ccccc5)sc4c(-c4ccccc4)c3)c2c1.[Ir]. The van der Waals surface area contributed by atoms with Gasteiger partial charge in [0.05, 0.1) is 5.76 Å². The molecule has 2 aromatic heterocycles. The van der Waals surface area contributed by atoms with Crippen LogP contribution in [0.4, 0.5) is 0 Å². The van der Waals surface area contributed by atoms with E-state index in [1.54, 1.807) is 11.3 Å². The molecule has 0 fully saturated rings. The minimum absolute atomic E-state index is 0. The first-order chi connectivity index (χ1) is 19.8. The maximum atomic E-state index is 10.0. The number of aliphatic hydroxyl groups is 1. The summed E-state index contributed by atoms with van der Waals surface area (Å²) in [6.07, 6.45) is 3.06. The summed E-state index contributed by atoms with van der Waals surface area (Å²) in [6.45, 7) is 7.30. The summed E-state index contributed by atoms with van der Waals surface area (Å²) in [6, 6.07) is 35.5. The minimum atomic E-state index is -0.125. The van der Waals surface area contributed by atoms with Crippen LogP contribution in [0.1, 0.15) is 39.2 Å². The van der Waals surface area contributed by atoms with E-state index in [2.05, 4.69) is 105 Å². The largest absolute Gasteiger partial charge is 0.512 e. The molecule has 0 aliphatic rings. The molecule has 0 unspecified atom stereocenters. The van der Waals surface area contributed by atoms with Gasteiger partial charge < -0.3 is 10.1 Å². The summed E-state index contributed by atoms with van der Waals surface area (Å²) < 4.78 is 1.15. The van der Waals surface area contributed by atoms with Gasteiger partial charge in [-0.25, -0.2) is 0 Å². The van der Waals surface area contributed by atoms with Crippen LogP contribution in [0.5, 0.6) is 0 Å². The fourth-order valence-electron chi connectivity index (χ4n) is 4.68. The molecule has 1 N–H and O–H groups in total. The van der Waals surface area contributed by atoms with Crippen LogP contribution in [0.2, 0.25) is 0 Å². The van der Waals surface area contributed by atoms with Crippen molar-refractivity contribution < 1.29 is 30.0 Å². The number of allylic oxidation sites excluding steroid dienone is 2. The number of nitrogens with zero attached hydrogens (tertiary/aromatic N) is 2. The third kappa shape index (κ3) is 7.08. The van der Waals surface area contributed by atoms with E-state index in [9.17, 15) is 4.79 Å². The molecule has 1 radical (unpaired) electrons. The fraction of sp³-hybridized carbons (Fsp3) is 0.139. The minimum Gasteiger partial charge on any atom is -0.512 e. The summed E-state index contributed by atoms with van der Waals surface area (Å²) in [5.41, 5.74) is 7.60. The molecule has 0 amide bonds. The third-order valence-corrected chi connectivity index (χ3v) is 7.78. The molecule has 0 aliphatic carbocycles. The Bertz CT molecular complexity index is 1860. The first-order valence-corrected chi connectivity index (χ1v) is 14.4. The normalized spacial score (nSPS) is 11.2. The third-order valence-electron chi connectivity index (χ3n) is 6.64. The quantitative estimate of drug-likeness (QED) is 0.108. The zero-order valence-corrected chi connectivity index (χ0v) is 27.1. The van der Waals surface area contributed by atoms with Crippen LogP contribution < -0.4 is 0 Å². The Labute approximate surface area is 264 Å². The molecule has 0 spiro atoms. The van der Waals surface area contributed by atoms with Gasteiger partial charge in [-0.1, -0.05) is 98.3 Å². The number of rotatable bonds is 5. The van der Waals surface area contributed by atoms with Gasteiger partial charge in [0.15, 0.2) is 5.78 Å². The van der Waals surface area contributed by atoms with Crippen LogP contribution in [0.3, 0.4) is 0 Å². The van der Waals surface area contributed by atoms with Crippen LogP contribution in [-0.4, -0.2) is 20.9 Å². The molecule has 4 nitrogen and oxygen atoms in total. The molecule has 42 heavy (non-hydrogen) atoms. The van der Waals surface area contributed by atoms with Crippen LogP contribution in [0, 0.1) is 6.07 Å². The number of pyridine rings is 1. The molecule has 4 aromatic carbocycles. The number of carbonyl (C=O) groups is 1. The second kappa shape index (κ2) is 13.8. The van der Waals surface area contributed by atoms with Crippen LogP contribution >= 0.6 is 11.3 Å². The Hall–Kier alpha value is -3.96. The van der Waals surface area contributed by atoms with E-state index in [4.69, 9.17) is 15.1 Å². The molecule has 0 saturated carbocycles. The van der Waals surface area contributed by atoms with E-state index in [0.717, 1.165) is 37.4 Å². The molecule has 0 atom stereocenters. The summed E-state index contributed by atoms with van der Waals surface area (Å²) in [7, 11) is 0. The van der Waals surface area contributed by atoms with E-state index in [0.29, 0.717) is 5.92 Å². The van der Waals surface area contributed by atoms with Crippen molar-refractivity contribution in [3.63, 3.8) is 0 Å². The molecule has 6 aromatic rings. The van der Waals surface area contributed by atoms with Crippen molar-refractivity contribution >= 4 is 38.1 Å². The van der Waals surface area contributed by atoms with Gasteiger partial charge in [0.2, 0.25) is 0 Å². The molecule has 6 rings (SSSR count). The fourth-order valence-corrected chi connectivity index (χ4v) is 5.74. The predicted molar refractivity (Wildman–Crippen MR) is 171 cm³/mol. The summed E-state index contributed by atoms with van der Waals surface area (Å²) in [4.78, 5) is 19.9. The Morgan fingerprint density at radius 3 is 2.17 bits per heavy atom. The number of benzene rings is 4. The van der Waals surface area contributed by atoms with Crippen molar-refractivity contribution in [2.75, 3.05) is 0 Å². The van der Waals surface area contributed by atoms with E-state index in [-0.39, 0.29) is 31.6 Å². The molecule has 0 bridgehead atoms. The molecule has 0 aliphatic heterocycles. The van der Waals surface area contributed by atoms with Gasteiger partial charge in [-0.05, 0) is 63.6 Å². The van der Waals surface area contributed by atoms with Crippen LogP contribution in [0.25, 0.3) is 53.9 Å². The summed E-state index contributed by atoms with van der Waals surface area (Å²) in [5, 5.41) is 11.7. The average molecular weight is 748 g/mol. The van der Waals surface area contributed by atoms with Gasteiger partial charge >= 0.3 is 0 Å². The van der Waals surface area contributed by atoms with Gasteiger partial charge in [0, 0.05) is 37.9 Å². The van der Waals surface area contributed by atoms with Gasteiger partial charge in [0.1, 0.15) is 5.01 Å². The number of thiazole rings is 1. The first kappa shape index (κ1) is 31.0. The predicted octanol–water partition coefficient (Wildman–Crippen LogP) is 9.80. The van der Waals surface area contributed by atoms with Crippen LogP contribution in [0.15, 0.2) is 109 Å². The number of aliphatic hydroxyl groups excluding tert-OH is 1. The summed E-state index contributed by atoms with van der Waals surface area (Å²) in [5.74, 6) is 0.392. The van der Waals surface area contributed by atoms with Crippen molar-refractivity contribution in [3.05, 3.63) is 121 Å². The molecule has 0 saturated heterocycles.